The molecule has 0 aliphatic rings. The lowest BCUT2D eigenvalue weighted by molar-refractivity contribution is -0.142. The summed E-state index contributed by atoms with van der Waals surface area (Å²) in [6.07, 6.45) is 0.554. The number of carbonyl (C=O) groups is 4. The fraction of sp³-hybridized carbons (Fsp3) is 0.292. The molecule has 3 amide bonds. The second-order valence-corrected chi connectivity index (χ2v) is 7.71. The Hall–Kier alpha value is -4.41. The zero-order valence-corrected chi connectivity index (χ0v) is 19.1. The van der Waals surface area contributed by atoms with Gasteiger partial charge < -0.3 is 32.5 Å². The van der Waals surface area contributed by atoms with E-state index in [4.69, 9.17) is 11.5 Å². The molecular formula is C24H30N6O5. The lowest BCUT2D eigenvalue weighted by Crippen LogP contribution is -2.54. The second kappa shape index (κ2) is 14.0. The maximum absolute atomic E-state index is 13.0. The Morgan fingerprint density at radius 2 is 1.51 bits per heavy atom. The van der Waals surface area contributed by atoms with Crippen LogP contribution in [0.4, 0.5) is 0 Å². The highest BCUT2D eigenvalue weighted by Crippen LogP contribution is 2.06. The lowest BCUT2D eigenvalue weighted by Gasteiger charge is -2.22. The highest BCUT2D eigenvalue weighted by molar-refractivity contribution is 5.97. The Morgan fingerprint density at radius 3 is 2.11 bits per heavy atom. The molecule has 2 rings (SSSR count). The summed E-state index contributed by atoms with van der Waals surface area (Å²) in [7, 11) is 0. The van der Waals surface area contributed by atoms with Gasteiger partial charge in [-0.1, -0.05) is 48.5 Å². The van der Waals surface area contributed by atoms with Crippen molar-refractivity contribution in [2.75, 3.05) is 13.1 Å². The zero-order chi connectivity index (χ0) is 25.6. The van der Waals surface area contributed by atoms with Gasteiger partial charge in [0.25, 0.3) is 5.91 Å². The van der Waals surface area contributed by atoms with Crippen LogP contribution in [0.2, 0.25) is 0 Å². The third-order valence-corrected chi connectivity index (χ3v) is 4.94. The van der Waals surface area contributed by atoms with E-state index < -0.39 is 35.8 Å². The first-order valence-electron chi connectivity index (χ1n) is 11.0. The van der Waals surface area contributed by atoms with Crippen molar-refractivity contribution in [2.45, 2.75) is 31.3 Å². The Balaban J connectivity index is 2.02. The minimum Gasteiger partial charge on any atom is -0.480 e. The van der Waals surface area contributed by atoms with Crippen molar-refractivity contribution in [2.24, 2.45) is 16.5 Å². The predicted octanol–water partition coefficient (Wildman–Crippen LogP) is -0.233. The number of nitrogens with zero attached hydrogens (tertiary/aromatic N) is 1. The number of benzene rings is 2. The van der Waals surface area contributed by atoms with Crippen LogP contribution in [0.25, 0.3) is 0 Å². The van der Waals surface area contributed by atoms with Gasteiger partial charge in [0.1, 0.15) is 12.1 Å². The number of aliphatic imine (C=N–C) groups is 1. The molecule has 0 radical (unpaired) electrons. The third kappa shape index (κ3) is 9.95. The maximum atomic E-state index is 13.0. The van der Waals surface area contributed by atoms with E-state index in [1.54, 1.807) is 54.6 Å². The molecule has 0 aliphatic heterocycles. The molecular weight excluding hydrogens is 452 g/mol. The van der Waals surface area contributed by atoms with Crippen molar-refractivity contribution in [3.63, 3.8) is 0 Å². The van der Waals surface area contributed by atoms with Gasteiger partial charge in [-0.25, -0.2) is 4.79 Å². The first-order valence-corrected chi connectivity index (χ1v) is 11.0. The molecule has 8 N–H and O–H groups in total. The number of amides is 3. The fourth-order valence-electron chi connectivity index (χ4n) is 3.19. The van der Waals surface area contributed by atoms with Gasteiger partial charge in [0, 0.05) is 18.5 Å². The van der Waals surface area contributed by atoms with Crippen molar-refractivity contribution < 1.29 is 24.3 Å². The molecule has 0 unspecified atom stereocenters. The van der Waals surface area contributed by atoms with Crippen LogP contribution >= 0.6 is 0 Å². The summed E-state index contributed by atoms with van der Waals surface area (Å²) in [5.41, 5.74) is 11.7. The summed E-state index contributed by atoms with van der Waals surface area (Å²) in [6.45, 7) is -0.138. The van der Waals surface area contributed by atoms with Crippen molar-refractivity contribution >= 4 is 29.7 Å². The molecule has 0 bridgehead atoms. The van der Waals surface area contributed by atoms with E-state index in [1.807, 2.05) is 6.07 Å². The fourth-order valence-corrected chi connectivity index (χ4v) is 3.19. The largest absolute Gasteiger partial charge is 0.480 e. The second-order valence-electron chi connectivity index (χ2n) is 7.71. The third-order valence-electron chi connectivity index (χ3n) is 4.94. The van der Waals surface area contributed by atoms with Crippen LogP contribution in [0.1, 0.15) is 28.8 Å². The van der Waals surface area contributed by atoms with E-state index in [2.05, 4.69) is 20.9 Å². The molecule has 0 spiro atoms. The summed E-state index contributed by atoms with van der Waals surface area (Å²) in [5.74, 6) is -3.01. The number of hydrogen-bond donors (Lipinski definition) is 6. The summed E-state index contributed by atoms with van der Waals surface area (Å²) in [4.78, 5) is 53.1. The van der Waals surface area contributed by atoms with Gasteiger partial charge in [-0.15, -0.1) is 0 Å². The standard InChI is InChI=1S/C24H30N6O5/c25-24(26)27-13-7-12-18(23(34)35)30-22(33)19(14-16-8-3-1-4-9-16)29-20(31)15-28-21(32)17-10-5-2-6-11-17/h1-6,8-11,18-19H,7,12-15H2,(H,28,32)(H,29,31)(H,30,33)(H,34,35)(H4,25,26,27)/t18-,19+/m1/s1. The van der Waals surface area contributed by atoms with Gasteiger partial charge in [-0.05, 0) is 30.5 Å². The average molecular weight is 483 g/mol. The van der Waals surface area contributed by atoms with E-state index in [0.717, 1.165) is 5.56 Å². The molecule has 11 heteroatoms. The van der Waals surface area contributed by atoms with Crippen LogP contribution in [-0.2, 0) is 20.8 Å². The van der Waals surface area contributed by atoms with Crippen molar-refractivity contribution in [1.29, 1.82) is 0 Å². The number of carboxylic acids is 1. The van der Waals surface area contributed by atoms with Crippen LogP contribution in [0.15, 0.2) is 65.7 Å². The molecule has 0 saturated carbocycles. The van der Waals surface area contributed by atoms with E-state index in [9.17, 15) is 24.3 Å². The summed E-state index contributed by atoms with van der Waals surface area (Å²) in [5, 5.41) is 17.1. The Labute approximate surface area is 203 Å². The van der Waals surface area contributed by atoms with Crippen molar-refractivity contribution in [1.82, 2.24) is 16.0 Å². The summed E-state index contributed by atoms with van der Waals surface area (Å²) in [6, 6.07) is 15.1. The van der Waals surface area contributed by atoms with E-state index in [0.29, 0.717) is 12.0 Å². The minimum absolute atomic E-state index is 0.0942. The van der Waals surface area contributed by atoms with Crippen LogP contribution in [-0.4, -0.2) is 59.9 Å². The van der Waals surface area contributed by atoms with Crippen LogP contribution in [0.3, 0.4) is 0 Å². The van der Waals surface area contributed by atoms with Gasteiger partial charge in [-0.3, -0.25) is 19.4 Å². The Bertz CT molecular complexity index is 1030. The first kappa shape index (κ1) is 26.8. The monoisotopic (exact) mass is 482 g/mol. The van der Waals surface area contributed by atoms with E-state index in [-0.39, 0.29) is 31.9 Å². The number of aliphatic carboxylic acids is 1. The molecule has 11 nitrogen and oxygen atoms in total. The Morgan fingerprint density at radius 1 is 0.886 bits per heavy atom. The van der Waals surface area contributed by atoms with Crippen molar-refractivity contribution in [3.8, 4) is 0 Å². The van der Waals surface area contributed by atoms with Crippen molar-refractivity contribution in [3.05, 3.63) is 71.8 Å². The number of nitrogens with two attached hydrogens (primary N) is 2. The van der Waals surface area contributed by atoms with Crippen LogP contribution < -0.4 is 27.4 Å². The summed E-state index contributed by atoms with van der Waals surface area (Å²) >= 11 is 0. The maximum Gasteiger partial charge on any atom is 0.326 e. The number of rotatable bonds is 13. The summed E-state index contributed by atoms with van der Waals surface area (Å²) < 4.78 is 0. The highest BCUT2D eigenvalue weighted by atomic mass is 16.4. The number of hydrogen-bond acceptors (Lipinski definition) is 5. The molecule has 35 heavy (non-hydrogen) atoms. The molecule has 2 aromatic carbocycles. The van der Waals surface area contributed by atoms with Gasteiger partial charge in [0.2, 0.25) is 11.8 Å². The molecule has 0 heterocycles. The molecule has 186 valence electrons. The topological polar surface area (TPSA) is 189 Å². The first-order chi connectivity index (χ1) is 16.8. The quantitative estimate of drug-likeness (QED) is 0.129. The smallest absolute Gasteiger partial charge is 0.326 e. The SMILES string of the molecule is NC(N)=NCCC[C@@H](NC(=O)[C@H](Cc1ccccc1)NC(=O)CNC(=O)c1ccccc1)C(=O)O. The number of carboxylic acid groups (broad SMARTS) is 1. The van der Waals surface area contributed by atoms with Gasteiger partial charge in [0.15, 0.2) is 5.96 Å². The normalized spacial score (nSPS) is 12.0. The number of guanidine groups is 1. The molecule has 0 fully saturated rings. The number of carbonyl (C=O) groups excluding carboxylic acids is 3. The molecule has 0 aliphatic carbocycles. The van der Waals surface area contributed by atoms with E-state index >= 15 is 0 Å². The predicted molar refractivity (Wildman–Crippen MR) is 130 cm³/mol. The van der Waals surface area contributed by atoms with Crippen LogP contribution in [0, 0.1) is 0 Å². The van der Waals surface area contributed by atoms with Crippen LogP contribution in [0.5, 0.6) is 0 Å². The molecule has 2 atom stereocenters. The van der Waals surface area contributed by atoms with E-state index in [1.165, 1.54) is 0 Å². The zero-order valence-electron chi connectivity index (χ0n) is 19.1. The average Bonchev–Trinajstić information content (AvgIpc) is 2.84. The minimum atomic E-state index is -1.22. The molecule has 2 aromatic rings. The number of nitrogens with one attached hydrogen (secondary N) is 3. The van der Waals surface area contributed by atoms with Gasteiger partial charge in [-0.2, -0.15) is 0 Å². The molecule has 0 saturated heterocycles. The molecule has 0 aromatic heterocycles. The highest BCUT2D eigenvalue weighted by Gasteiger charge is 2.26. The Kier molecular flexibility index (Phi) is 10.7. The van der Waals surface area contributed by atoms with Gasteiger partial charge >= 0.3 is 5.97 Å². The lowest BCUT2D eigenvalue weighted by atomic mass is 10.0. The van der Waals surface area contributed by atoms with Gasteiger partial charge in [0.05, 0.1) is 6.54 Å².